The summed E-state index contributed by atoms with van der Waals surface area (Å²) < 4.78 is 2.06. The third-order valence-electron chi connectivity index (χ3n) is 3.46. The zero-order valence-electron chi connectivity index (χ0n) is 10.5. The average Bonchev–Trinajstić information content (AvgIpc) is 3.05. The van der Waals surface area contributed by atoms with E-state index in [1.165, 1.54) is 17.9 Å². The van der Waals surface area contributed by atoms with Gasteiger partial charge < -0.3 is 5.32 Å². The summed E-state index contributed by atoms with van der Waals surface area (Å²) in [6, 6.07) is 6.23. The molecule has 0 spiro atoms. The van der Waals surface area contributed by atoms with Crippen LogP contribution in [0, 0.1) is 5.92 Å². The number of fused-ring (bicyclic) bond motifs is 1. The summed E-state index contributed by atoms with van der Waals surface area (Å²) in [6.07, 6.45) is 3.36. The van der Waals surface area contributed by atoms with E-state index >= 15 is 0 Å². The highest BCUT2D eigenvalue weighted by atomic mass is 32.2. The maximum absolute atomic E-state index is 4.29. The molecule has 2 aromatic rings. The topological polar surface area (TPSA) is 42.2 Å². The largest absolute Gasteiger partial charge is 0.307 e. The molecule has 2 atom stereocenters. The van der Waals surface area contributed by atoms with Gasteiger partial charge in [-0.2, -0.15) is 11.8 Å². The summed E-state index contributed by atoms with van der Waals surface area (Å²) in [7, 11) is 0. The fraction of sp³-hybridized carbons (Fsp3) is 0.538. The Morgan fingerprint density at radius 3 is 3.28 bits per heavy atom. The molecule has 0 radical (unpaired) electrons. The molecule has 1 aliphatic rings. The zero-order valence-corrected chi connectivity index (χ0v) is 11.4. The van der Waals surface area contributed by atoms with Gasteiger partial charge >= 0.3 is 0 Å². The highest BCUT2D eigenvalue weighted by Crippen LogP contribution is 2.23. The van der Waals surface area contributed by atoms with Crippen molar-refractivity contribution in [2.45, 2.75) is 19.4 Å². The second kappa shape index (κ2) is 5.28. The molecule has 0 aromatic carbocycles. The van der Waals surface area contributed by atoms with Crippen molar-refractivity contribution in [2.75, 3.05) is 18.1 Å². The maximum atomic E-state index is 4.29. The lowest BCUT2D eigenvalue weighted by Gasteiger charge is -2.15. The summed E-state index contributed by atoms with van der Waals surface area (Å²) in [5.41, 5.74) is 0.914. The molecule has 4 nitrogen and oxygen atoms in total. The number of hydrogen-bond donors (Lipinski definition) is 1. The van der Waals surface area contributed by atoms with E-state index < -0.39 is 0 Å². The molecule has 2 aromatic heterocycles. The van der Waals surface area contributed by atoms with E-state index in [-0.39, 0.29) is 6.04 Å². The zero-order chi connectivity index (χ0) is 12.4. The number of rotatable bonds is 4. The predicted octanol–water partition coefficient (Wildman–Crippen LogP) is 2.13. The maximum Gasteiger partial charge on any atom is 0.160 e. The van der Waals surface area contributed by atoms with Crippen LogP contribution in [0.1, 0.15) is 25.2 Å². The lowest BCUT2D eigenvalue weighted by molar-refractivity contribution is 0.463. The van der Waals surface area contributed by atoms with E-state index in [2.05, 4.69) is 38.6 Å². The molecule has 0 saturated carbocycles. The quantitative estimate of drug-likeness (QED) is 0.916. The highest BCUT2D eigenvalue weighted by Gasteiger charge is 2.18. The number of nitrogens with zero attached hydrogens (tertiary/aromatic N) is 3. The van der Waals surface area contributed by atoms with Crippen molar-refractivity contribution in [3.63, 3.8) is 0 Å². The van der Waals surface area contributed by atoms with Crippen molar-refractivity contribution >= 4 is 17.4 Å². The van der Waals surface area contributed by atoms with Gasteiger partial charge in [-0.25, -0.2) is 0 Å². The van der Waals surface area contributed by atoms with Gasteiger partial charge in [-0.15, -0.1) is 10.2 Å². The van der Waals surface area contributed by atoms with Gasteiger partial charge in [0.05, 0.1) is 6.04 Å². The smallest absolute Gasteiger partial charge is 0.160 e. The number of nitrogens with one attached hydrogen (secondary N) is 1. The molecular formula is C13H18N4S. The van der Waals surface area contributed by atoms with Crippen LogP contribution >= 0.6 is 11.8 Å². The first-order chi connectivity index (χ1) is 8.84. The lowest BCUT2D eigenvalue weighted by Crippen LogP contribution is -2.27. The van der Waals surface area contributed by atoms with Gasteiger partial charge in [-0.05, 0) is 49.4 Å². The number of hydrogen-bond acceptors (Lipinski definition) is 4. The molecule has 2 unspecified atom stereocenters. The minimum atomic E-state index is 0.244. The van der Waals surface area contributed by atoms with Crippen LogP contribution in [0.15, 0.2) is 24.4 Å². The van der Waals surface area contributed by atoms with Gasteiger partial charge in [0.25, 0.3) is 0 Å². The Balaban J connectivity index is 1.69. The molecule has 18 heavy (non-hydrogen) atoms. The minimum Gasteiger partial charge on any atom is -0.307 e. The lowest BCUT2D eigenvalue weighted by atomic mass is 10.1. The molecule has 1 saturated heterocycles. The van der Waals surface area contributed by atoms with E-state index in [0.29, 0.717) is 0 Å². The first kappa shape index (κ1) is 12.0. The van der Waals surface area contributed by atoms with Crippen LogP contribution in [0.2, 0.25) is 0 Å². The van der Waals surface area contributed by atoms with E-state index in [9.17, 15) is 0 Å². The Kier molecular flexibility index (Phi) is 3.52. The van der Waals surface area contributed by atoms with Gasteiger partial charge in [0.1, 0.15) is 0 Å². The molecule has 96 valence electrons. The number of pyridine rings is 1. The Labute approximate surface area is 111 Å². The van der Waals surface area contributed by atoms with Gasteiger partial charge in [-0.1, -0.05) is 6.07 Å². The summed E-state index contributed by atoms with van der Waals surface area (Å²) in [4.78, 5) is 0. The molecule has 3 rings (SSSR count). The molecule has 1 aliphatic heterocycles. The van der Waals surface area contributed by atoms with Crippen LogP contribution in [0.3, 0.4) is 0 Å². The first-order valence-electron chi connectivity index (χ1n) is 6.45. The van der Waals surface area contributed by atoms with Gasteiger partial charge in [-0.3, -0.25) is 4.40 Å². The summed E-state index contributed by atoms with van der Waals surface area (Å²) >= 11 is 2.06. The van der Waals surface area contributed by atoms with E-state index in [1.807, 2.05) is 24.4 Å². The van der Waals surface area contributed by atoms with Crippen LogP contribution in [-0.4, -0.2) is 32.6 Å². The summed E-state index contributed by atoms with van der Waals surface area (Å²) in [6.45, 7) is 3.24. The normalized spacial score (nSPS) is 21.5. The van der Waals surface area contributed by atoms with Crippen molar-refractivity contribution in [1.29, 1.82) is 0 Å². The van der Waals surface area contributed by atoms with Crippen molar-refractivity contribution in [3.8, 4) is 0 Å². The van der Waals surface area contributed by atoms with Crippen molar-refractivity contribution in [1.82, 2.24) is 19.9 Å². The van der Waals surface area contributed by atoms with Crippen molar-refractivity contribution < 1.29 is 0 Å². The summed E-state index contributed by atoms with van der Waals surface area (Å²) in [5.74, 6) is 4.42. The first-order valence-corrected chi connectivity index (χ1v) is 7.61. The molecular weight excluding hydrogens is 244 g/mol. The third-order valence-corrected chi connectivity index (χ3v) is 4.70. The Hall–Kier alpha value is -1.07. The van der Waals surface area contributed by atoms with E-state index in [1.54, 1.807) is 0 Å². The van der Waals surface area contributed by atoms with Gasteiger partial charge in [0.15, 0.2) is 11.5 Å². The molecule has 1 fully saturated rings. The standard InChI is InChI=1S/C13H18N4S/c1-10(14-8-11-5-7-18-9-11)13-16-15-12-4-2-3-6-17(12)13/h2-4,6,10-11,14H,5,7-9H2,1H3. The van der Waals surface area contributed by atoms with Crippen LogP contribution in [0.25, 0.3) is 5.65 Å². The number of thioether (sulfide) groups is 1. The molecule has 0 amide bonds. The van der Waals surface area contributed by atoms with Gasteiger partial charge in [0, 0.05) is 6.20 Å². The molecule has 3 heterocycles. The second-order valence-electron chi connectivity index (χ2n) is 4.85. The van der Waals surface area contributed by atoms with E-state index in [0.717, 1.165) is 23.9 Å². The van der Waals surface area contributed by atoms with Crippen molar-refractivity contribution in [2.24, 2.45) is 5.92 Å². The van der Waals surface area contributed by atoms with E-state index in [4.69, 9.17) is 0 Å². The SMILES string of the molecule is CC(NCC1CCSC1)c1nnc2ccccn12. The molecule has 1 N–H and O–H groups in total. The second-order valence-corrected chi connectivity index (χ2v) is 6.00. The fourth-order valence-corrected chi connectivity index (χ4v) is 3.62. The van der Waals surface area contributed by atoms with Crippen LogP contribution < -0.4 is 5.32 Å². The molecule has 0 bridgehead atoms. The number of aromatic nitrogens is 3. The van der Waals surface area contributed by atoms with Gasteiger partial charge in [0.2, 0.25) is 0 Å². The highest BCUT2D eigenvalue weighted by molar-refractivity contribution is 7.99. The fourth-order valence-electron chi connectivity index (χ4n) is 2.33. The van der Waals surface area contributed by atoms with Crippen molar-refractivity contribution in [3.05, 3.63) is 30.2 Å². The summed E-state index contributed by atoms with van der Waals surface area (Å²) in [5, 5.41) is 12.1. The van der Waals surface area contributed by atoms with Crippen LogP contribution in [0.5, 0.6) is 0 Å². The van der Waals surface area contributed by atoms with Crippen LogP contribution in [0.4, 0.5) is 0 Å². The Morgan fingerprint density at radius 2 is 2.44 bits per heavy atom. The Morgan fingerprint density at radius 1 is 1.50 bits per heavy atom. The predicted molar refractivity (Wildman–Crippen MR) is 74.8 cm³/mol. The third kappa shape index (κ3) is 2.37. The molecule has 5 heteroatoms. The average molecular weight is 262 g/mol. The molecule has 0 aliphatic carbocycles. The minimum absolute atomic E-state index is 0.244. The Bertz CT molecular complexity index is 518. The monoisotopic (exact) mass is 262 g/mol. The van der Waals surface area contributed by atoms with Crippen LogP contribution in [-0.2, 0) is 0 Å².